The van der Waals surface area contributed by atoms with E-state index in [4.69, 9.17) is 10.2 Å². The van der Waals surface area contributed by atoms with Gasteiger partial charge in [0, 0.05) is 12.6 Å². The quantitative estimate of drug-likeness (QED) is 0.805. The van der Waals surface area contributed by atoms with Crippen molar-refractivity contribution in [3.05, 3.63) is 30.2 Å². The fraction of sp³-hybridized carbons (Fsp3) is 0.429. The summed E-state index contributed by atoms with van der Waals surface area (Å²) in [6.07, 6.45) is 5.67. The first kappa shape index (κ1) is 15.6. The fourth-order valence-electron chi connectivity index (χ4n) is 2.73. The highest BCUT2D eigenvalue weighted by molar-refractivity contribution is 5.93. The zero-order valence-corrected chi connectivity index (χ0v) is 12.4. The molecule has 0 saturated heterocycles. The molecule has 2 heterocycles. The number of nitrogens with zero attached hydrogens (tertiary/aromatic N) is 1. The summed E-state index contributed by atoms with van der Waals surface area (Å²) in [6.45, 7) is 0.466. The Morgan fingerprint density at radius 1 is 1.48 bits per heavy atom. The van der Waals surface area contributed by atoms with Gasteiger partial charge in [-0.05, 0) is 25.0 Å². The van der Waals surface area contributed by atoms with E-state index in [9.17, 15) is 4.79 Å². The van der Waals surface area contributed by atoms with E-state index in [1.165, 1.54) is 0 Å². The van der Waals surface area contributed by atoms with Crippen LogP contribution in [0, 0.1) is 0 Å². The van der Waals surface area contributed by atoms with Gasteiger partial charge in [0.1, 0.15) is 5.69 Å². The predicted octanol–water partition coefficient (Wildman–Crippen LogP) is 2.09. The molecular weight excluding hydrogens is 292 g/mol. The molecule has 7 heteroatoms. The average molecular weight is 311 g/mol. The van der Waals surface area contributed by atoms with Crippen molar-refractivity contribution in [2.45, 2.75) is 31.2 Å². The standard InChI is InChI=1S/C14H18N4O2.ClH/c15-9-14(5-1-2-6-14)16-13(19)11-8-10(17-18-11)12-4-3-7-20-12;/h3-4,7-8H,1-2,5-6,9,15H2,(H,16,19)(H,17,18);1H. The molecule has 3 rings (SSSR count). The largest absolute Gasteiger partial charge is 0.463 e. The molecule has 0 unspecified atom stereocenters. The van der Waals surface area contributed by atoms with Crippen LogP contribution in [0.3, 0.4) is 0 Å². The molecule has 1 fully saturated rings. The molecule has 21 heavy (non-hydrogen) atoms. The molecule has 0 aromatic carbocycles. The van der Waals surface area contributed by atoms with Crippen molar-refractivity contribution in [3.63, 3.8) is 0 Å². The predicted molar refractivity (Wildman–Crippen MR) is 81.3 cm³/mol. The fourth-order valence-corrected chi connectivity index (χ4v) is 2.73. The van der Waals surface area contributed by atoms with E-state index in [1.807, 2.05) is 6.07 Å². The van der Waals surface area contributed by atoms with Crippen LogP contribution in [0.1, 0.15) is 36.2 Å². The molecule has 1 aliphatic rings. The van der Waals surface area contributed by atoms with Gasteiger partial charge in [-0.25, -0.2) is 0 Å². The van der Waals surface area contributed by atoms with Crippen LogP contribution < -0.4 is 11.1 Å². The maximum atomic E-state index is 12.3. The van der Waals surface area contributed by atoms with Crippen molar-refractivity contribution in [2.75, 3.05) is 6.54 Å². The summed E-state index contributed by atoms with van der Waals surface area (Å²) in [4.78, 5) is 12.3. The maximum Gasteiger partial charge on any atom is 0.272 e. The second-order valence-electron chi connectivity index (χ2n) is 5.29. The second-order valence-corrected chi connectivity index (χ2v) is 5.29. The molecular formula is C14H19ClN4O2. The summed E-state index contributed by atoms with van der Waals surface area (Å²) in [5, 5.41) is 9.89. The molecule has 1 amide bonds. The molecule has 1 saturated carbocycles. The first-order chi connectivity index (χ1) is 9.72. The number of nitrogens with two attached hydrogens (primary N) is 1. The first-order valence-corrected chi connectivity index (χ1v) is 6.84. The van der Waals surface area contributed by atoms with Gasteiger partial charge in [-0.15, -0.1) is 12.4 Å². The highest BCUT2D eigenvalue weighted by Crippen LogP contribution is 2.29. The van der Waals surface area contributed by atoms with Crippen LogP contribution in [0.4, 0.5) is 0 Å². The number of carbonyl (C=O) groups is 1. The lowest BCUT2D eigenvalue weighted by Gasteiger charge is -2.28. The molecule has 2 aromatic heterocycles. The minimum Gasteiger partial charge on any atom is -0.463 e. The Balaban J connectivity index is 0.00000161. The molecule has 6 nitrogen and oxygen atoms in total. The van der Waals surface area contributed by atoms with Crippen molar-refractivity contribution < 1.29 is 9.21 Å². The Morgan fingerprint density at radius 3 is 2.86 bits per heavy atom. The maximum absolute atomic E-state index is 12.3. The molecule has 1 aliphatic carbocycles. The van der Waals surface area contributed by atoms with E-state index in [0.717, 1.165) is 25.7 Å². The van der Waals surface area contributed by atoms with E-state index in [2.05, 4.69) is 15.5 Å². The zero-order chi connectivity index (χ0) is 14.0. The van der Waals surface area contributed by atoms with Gasteiger partial charge in [-0.3, -0.25) is 9.89 Å². The lowest BCUT2D eigenvalue weighted by atomic mass is 9.97. The number of aromatic nitrogens is 2. The molecule has 2 aromatic rings. The number of hydrogen-bond donors (Lipinski definition) is 3. The van der Waals surface area contributed by atoms with Crippen LogP contribution in [0.25, 0.3) is 11.5 Å². The number of nitrogens with one attached hydrogen (secondary N) is 2. The van der Waals surface area contributed by atoms with Crippen molar-refractivity contribution >= 4 is 18.3 Å². The minimum absolute atomic E-state index is 0. The van der Waals surface area contributed by atoms with E-state index in [0.29, 0.717) is 23.7 Å². The summed E-state index contributed by atoms with van der Waals surface area (Å²) < 4.78 is 5.26. The lowest BCUT2D eigenvalue weighted by Crippen LogP contribution is -2.51. The average Bonchev–Trinajstić information content (AvgIpc) is 3.19. The number of amides is 1. The van der Waals surface area contributed by atoms with Crippen molar-refractivity contribution in [3.8, 4) is 11.5 Å². The summed E-state index contributed by atoms with van der Waals surface area (Å²) in [5.41, 5.74) is 6.60. The van der Waals surface area contributed by atoms with Gasteiger partial charge in [0.2, 0.25) is 0 Å². The third-order valence-electron chi connectivity index (χ3n) is 3.93. The number of carbonyl (C=O) groups excluding carboxylic acids is 1. The van der Waals surface area contributed by atoms with E-state index in [1.54, 1.807) is 18.4 Å². The van der Waals surface area contributed by atoms with Gasteiger partial charge in [0.05, 0.1) is 11.8 Å². The SMILES string of the molecule is Cl.NCC1(NC(=O)c2cc(-c3ccco3)[nH]n2)CCCC1. The first-order valence-electron chi connectivity index (χ1n) is 6.84. The van der Waals surface area contributed by atoms with Gasteiger partial charge < -0.3 is 15.5 Å². The summed E-state index contributed by atoms with van der Waals surface area (Å²) in [5.74, 6) is 0.470. The van der Waals surface area contributed by atoms with Crippen molar-refractivity contribution in [1.29, 1.82) is 0 Å². The minimum atomic E-state index is -0.263. The number of H-pyrrole nitrogens is 1. The molecule has 114 valence electrons. The molecule has 0 bridgehead atoms. The van der Waals surface area contributed by atoms with Crippen LogP contribution in [0.2, 0.25) is 0 Å². The number of hydrogen-bond acceptors (Lipinski definition) is 4. The Morgan fingerprint density at radius 2 is 2.24 bits per heavy atom. The number of rotatable bonds is 4. The van der Waals surface area contributed by atoms with Gasteiger partial charge >= 0.3 is 0 Å². The molecule has 0 aliphatic heterocycles. The summed E-state index contributed by atoms with van der Waals surface area (Å²) >= 11 is 0. The Bertz CT molecular complexity index is 588. The van der Waals surface area contributed by atoms with Crippen LogP contribution in [-0.2, 0) is 0 Å². The number of furan rings is 1. The molecule has 0 radical (unpaired) electrons. The van der Waals surface area contributed by atoms with E-state index >= 15 is 0 Å². The van der Waals surface area contributed by atoms with Crippen LogP contribution in [-0.4, -0.2) is 28.2 Å². The monoisotopic (exact) mass is 310 g/mol. The highest BCUT2D eigenvalue weighted by atomic mass is 35.5. The molecule has 0 spiro atoms. The van der Waals surface area contributed by atoms with Gasteiger partial charge in [0.25, 0.3) is 5.91 Å². The van der Waals surface area contributed by atoms with Gasteiger partial charge in [0.15, 0.2) is 11.5 Å². The Labute approximate surface area is 128 Å². The van der Waals surface area contributed by atoms with Crippen molar-refractivity contribution in [2.24, 2.45) is 5.73 Å². The third-order valence-corrected chi connectivity index (χ3v) is 3.93. The van der Waals surface area contributed by atoms with Crippen LogP contribution in [0.15, 0.2) is 28.9 Å². The Kier molecular flexibility index (Phi) is 4.69. The van der Waals surface area contributed by atoms with Gasteiger partial charge in [-0.2, -0.15) is 5.10 Å². The lowest BCUT2D eigenvalue weighted by molar-refractivity contribution is 0.0898. The second kappa shape index (κ2) is 6.32. The number of aromatic amines is 1. The van der Waals surface area contributed by atoms with Crippen LogP contribution in [0.5, 0.6) is 0 Å². The molecule has 4 N–H and O–H groups in total. The Hall–Kier alpha value is -1.79. The highest BCUT2D eigenvalue weighted by Gasteiger charge is 2.34. The normalized spacial score (nSPS) is 16.4. The van der Waals surface area contributed by atoms with E-state index in [-0.39, 0.29) is 23.9 Å². The molecule has 0 atom stereocenters. The topological polar surface area (TPSA) is 96.9 Å². The summed E-state index contributed by atoms with van der Waals surface area (Å²) in [7, 11) is 0. The van der Waals surface area contributed by atoms with Crippen LogP contribution >= 0.6 is 12.4 Å². The smallest absolute Gasteiger partial charge is 0.272 e. The number of halogens is 1. The third kappa shape index (κ3) is 3.11. The van der Waals surface area contributed by atoms with Gasteiger partial charge in [-0.1, -0.05) is 12.8 Å². The van der Waals surface area contributed by atoms with E-state index < -0.39 is 0 Å². The van der Waals surface area contributed by atoms with Crippen molar-refractivity contribution in [1.82, 2.24) is 15.5 Å². The zero-order valence-electron chi connectivity index (χ0n) is 11.6. The summed E-state index contributed by atoms with van der Waals surface area (Å²) in [6, 6.07) is 5.29.